The minimum absolute atomic E-state index is 0.0392. The van der Waals surface area contributed by atoms with Crippen molar-refractivity contribution >= 4 is 17.2 Å². The van der Waals surface area contributed by atoms with Crippen molar-refractivity contribution in [1.82, 2.24) is 10.3 Å². The Hall–Kier alpha value is -1.66. The Bertz CT molecular complexity index is 551. The monoisotopic (exact) mass is 308 g/mol. The third kappa shape index (κ3) is 4.68. The van der Waals surface area contributed by atoms with Gasteiger partial charge in [0.25, 0.3) is 0 Å². The zero-order valence-corrected chi connectivity index (χ0v) is 12.9. The Kier molecular flexibility index (Phi) is 5.95. The van der Waals surface area contributed by atoms with Crippen molar-refractivity contribution in [2.45, 2.75) is 26.2 Å². The molecule has 21 heavy (non-hydrogen) atoms. The molecule has 0 aliphatic heterocycles. The van der Waals surface area contributed by atoms with Crippen LogP contribution in [0.5, 0.6) is 0 Å². The van der Waals surface area contributed by atoms with Crippen LogP contribution >= 0.6 is 11.3 Å². The average Bonchev–Trinajstić information content (AvgIpc) is 3.14. The van der Waals surface area contributed by atoms with Gasteiger partial charge in [-0.25, -0.2) is 4.98 Å². The Morgan fingerprint density at radius 2 is 2.43 bits per heavy atom. The number of nitrogens with one attached hydrogen (secondary N) is 1. The van der Waals surface area contributed by atoms with Crippen LogP contribution in [0.15, 0.2) is 28.2 Å². The molecule has 2 N–H and O–H groups in total. The van der Waals surface area contributed by atoms with E-state index in [2.05, 4.69) is 17.2 Å². The highest BCUT2D eigenvalue weighted by Gasteiger charge is 2.12. The maximum absolute atomic E-state index is 11.9. The number of carbonyl (C=O) groups excluding carboxylic acids is 1. The van der Waals surface area contributed by atoms with Crippen molar-refractivity contribution in [2.75, 3.05) is 13.2 Å². The molecule has 0 saturated carbocycles. The van der Waals surface area contributed by atoms with Crippen molar-refractivity contribution in [3.63, 3.8) is 0 Å². The normalized spacial score (nSPS) is 12.3. The number of aromatic nitrogens is 1. The molecule has 0 aromatic carbocycles. The molecule has 0 bridgehead atoms. The Morgan fingerprint density at radius 3 is 3.10 bits per heavy atom. The minimum Gasteiger partial charge on any atom is -0.462 e. The smallest absolute Gasteiger partial charge is 0.226 e. The fourth-order valence-electron chi connectivity index (χ4n) is 2.02. The van der Waals surface area contributed by atoms with Crippen molar-refractivity contribution in [2.24, 2.45) is 5.92 Å². The largest absolute Gasteiger partial charge is 0.462 e. The quantitative estimate of drug-likeness (QED) is 0.785. The molecule has 0 aliphatic carbocycles. The average molecular weight is 308 g/mol. The summed E-state index contributed by atoms with van der Waals surface area (Å²) in [4.78, 5) is 16.3. The van der Waals surface area contributed by atoms with E-state index >= 15 is 0 Å². The maximum Gasteiger partial charge on any atom is 0.226 e. The van der Waals surface area contributed by atoms with Crippen molar-refractivity contribution in [1.29, 1.82) is 0 Å². The second kappa shape index (κ2) is 7.95. The molecule has 0 spiro atoms. The van der Waals surface area contributed by atoms with Gasteiger partial charge in [0.1, 0.15) is 0 Å². The Balaban J connectivity index is 1.83. The zero-order chi connectivity index (χ0) is 15.1. The first-order chi connectivity index (χ1) is 10.2. The summed E-state index contributed by atoms with van der Waals surface area (Å²) in [7, 11) is 0. The molecule has 6 heteroatoms. The lowest BCUT2D eigenvalue weighted by molar-refractivity contribution is -0.120. The fourth-order valence-corrected chi connectivity index (χ4v) is 2.81. The summed E-state index contributed by atoms with van der Waals surface area (Å²) in [6.45, 7) is 2.82. The number of rotatable bonds is 8. The first kappa shape index (κ1) is 15.7. The van der Waals surface area contributed by atoms with E-state index in [-0.39, 0.29) is 18.9 Å². The molecule has 0 fully saturated rings. The van der Waals surface area contributed by atoms with Crippen molar-refractivity contribution in [3.8, 4) is 10.8 Å². The molecule has 2 aromatic rings. The summed E-state index contributed by atoms with van der Waals surface area (Å²) in [5, 5.41) is 14.5. The molecule has 0 aliphatic rings. The van der Waals surface area contributed by atoms with E-state index in [9.17, 15) is 4.79 Å². The van der Waals surface area contributed by atoms with Crippen LogP contribution in [-0.2, 0) is 11.2 Å². The Labute approximate surface area is 128 Å². The molecule has 5 nitrogen and oxygen atoms in total. The summed E-state index contributed by atoms with van der Waals surface area (Å²) < 4.78 is 5.28. The molecule has 2 aromatic heterocycles. The molecule has 1 amide bonds. The minimum atomic E-state index is -0.0392. The number of amides is 1. The summed E-state index contributed by atoms with van der Waals surface area (Å²) in [5.41, 5.74) is 0.749. The molecular weight excluding hydrogens is 288 g/mol. The highest BCUT2D eigenvalue weighted by Crippen LogP contribution is 2.24. The summed E-state index contributed by atoms with van der Waals surface area (Å²) in [6, 6.07) is 3.67. The van der Waals surface area contributed by atoms with Gasteiger partial charge < -0.3 is 14.8 Å². The molecule has 2 rings (SSSR count). The second-order valence-electron chi connectivity index (χ2n) is 4.89. The van der Waals surface area contributed by atoms with Crippen LogP contribution in [-0.4, -0.2) is 29.1 Å². The highest BCUT2D eigenvalue weighted by molar-refractivity contribution is 7.13. The first-order valence-corrected chi connectivity index (χ1v) is 7.96. The predicted molar refractivity (Wildman–Crippen MR) is 82.0 cm³/mol. The van der Waals surface area contributed by atoms with Crippen LogP contribution in [0.4, 0.5) is 0 Å². The summed E-state index contributed by atoms with van der Waals surface area (Å²) >= 11 is 1.47. The van der Waals surface area contributed by atoms with E-state index in [1.807, 2.05) is 17.5 Å². The van der Waals surface area contributed by atoms with E-state index in [0.717, 1.165) is 29.3 Å². The molecule has 2 heterocycles. The van der Waals surface area contributed by atoms with Gasteiger partial charge in [-0.2, -0.15) is 0 Å². The molecule has 0 saturated heterocycles. The maximum atomic E-state index is 11.9. The van der Waals surface area contributed by atoms with Gasteiger partial charge in [0.05, 0.1) is 18.4 Å². The van der Waals surface area contributed by atoms with Gasteiger partial charge >= 0.3 is 0 Å². The van der Waals surface area contributed by atoms with Gasteiger partial charge in [0, 0.05) is 18.5 Å². The van der Waals surface area contributed by atoms with Gasteiger partial charge in [-0.05, 0) is 24.5 Å². The van der Waals surface area contributed by atoms with Crippen LogP contribution in [0.2, 0.25) is 0 Å². The van der Waals surface area contributed by atoms with Gasteiger partial charge in [0.2, 0.25) is 5.91 Å². The standard InChI is InChI=1S/C15H20N2O3S/c1-2-11(5-6-18)9-16-14(19)8-12-10-21-15(17-12)13-4-3-7-20-13/h3-4,7,10-11,18H,2,5-6,8-9H2,1H3,(H,16,19). The molecule has 0 radical (unpaired) electrons. The Morgan fingerprint density at radius 1 is 1.57 bits per heavy atom. The van der Waals surface area contributed by atoms with Crippen LogP contribution in [0.25, 0.3) is 10.8 Å². The van der Waals surface area contributed by atoms with Crippen LogP contribution in [0.1, 0.15) is 25.5 Å². The summed E-state index contributed by atoms with van der Waals surface area (Å²) in [6.07, 6.45) is 3.54. The summed E-state index contributed by atoms with van der Waals surface area (Å²) in [5.74, 6) is 1.01. The van der Waals surface area contributed by atoms with Crippen molar-refractivity contribution in [3.05, 3.63) is 29.5 Å². The second-order valence-corrected chi connectivity index (χ2v) is 5.75. The number of aliphatic hydroxyl groups is 1. The van der Waals surface area contributed by atoms with Crippen LogP contribution in [0, 0.1) is 5.92 Å². The van der Waals surface area contributed by atoms with E-state index in [0.29, 0.717) is 12.5 Å². The van der Waals surface area contributed by atoms with Gasteiger partial charge in [-0.15, -0.1) is 11.3 Å². The molecular formula is C15H20N2O3S. The van der Waals surface area contributed by atoms with E-state index in [1.165, 1.54) is 11.3 Å². The van der Waals surface area contributed by atoms with Gasteiger partial charge in [0.15, 0.2) is 10.8 Å². The number of nitrogens with zero attached hydrogens (tertiary/aromatic N) is 1. The van der Waals surface area contributed by atoms with Crippen LogP contribution < -0.4 is 5.32 Å². The van der Waals surface area contributed by atoms with Gasteiger partial charge in [-0.3, -0.25) is 4.79 Å². The number of carbonyl (C=O) groups is 1. The molecule has 1 unspecified atom stereocenters. The van der Waals surface area contributed by atoms with E-state index in [1.54, 1.807) is 6.26 Å². The molecule has 114 valence electrons. The number of thiazole rings is 1. The molecule has 1 atom stereocenters. The third-order valence-electron chi connectivity index (χ3n) is 3.33. The highest BCUT2D eigenvalue weighted by atomic mass is 32.1. The van der Waals surface area contributed by atoms with E-state index < -0.39 is 0 Å². The first-order valence-electron chi connectivity index (χ1n) is 7.08. The number of furan rings is 1. The fraction of sp³-hybridized carbons (Fsp3) is 0.467. The van der Waals surface area contributed by atoms with Crippen molar-refractivity contribution < 1.29 is 14.3 Å². The lowest BCUT2D eigenvalue weighted by Crippen LogP contribution is -2.30. The predicted octanol–water partition coefficient (Wildman–Crippen LogP) is 2.47. The number of hydrogen-bond donors (Lipinski definition) is 2. The number of aliphatic hydroxyl groups excluding tert-OH is 1. The zero-order valence-electron chi connectivity index (χ0n) is 12.0. The number of hydrogen-bond acceptors (Lipinski definition) is 5. The van der Waals surface area contributed by atoms with E-state index in [4.69, 9.17) is 9.52 Å². The lowest BCUT2D eigenvalue weighted by Gasteiger charge is -2.13. The third-order valence-corrected chi connectivity index (χ3v) is 4.23. The van der Waals surface area contributed by atoms with Crippen LogP contribution in [0.3, 0.4) is 0 Å². The lowest BCUT2D eigenvalue weighted by atomic mass is 10.0. The van der Waals surface area contributed by atoms with Gasteiger partial charge in [-0.1, -0.05) is 13.3 Å². The SMILES string of the molecule is CCC(CCO)CNC(=O)Cc1csc(-c2ccco2)n1. The topological polar surface area (TPSA) is 75.4 Å².